The summed E-state index contributed by atoms with van der Waals surface area (Å²) in [6.45, 7) is 0. The first-order valence-corrected chi connectivity index (χ1v) is 7.20. The fourth-order valence-corrected chi connectivity index (χ4v) is 2.62. The smallest absolute Gasteiger partial charge is 0.219 e. The van der Waals surface area contributed by atoms with Crippen LogP contribution < -0.4 is 10.5 Å². The average Bonchev–Trinajstić information content (AvgIpc) is 2.47. The number of nitrogens with two attached hydrogens (primary N) is 1. The molecule has 20 heavy (non-hydrogen) atoms. The van der Waals surface area contributed by atoms with Crippen molar-refractivity contribution >= 4 is 17.2 Å². The van der Waals surface area contributed by atoms with Crippen LogP contribution in [-0.4, -0.2) is 9.97 Å². The van der Waals surface area contributed by atoms with Crippen molar-refractivity contribution in [2.45, 2.75) is 25.7 Å². The Balaban J connectivity index is 1.84. The molecule has 2 aromatic rings. The Labute approximate surface area is 123 Å². The average molecular weight is 284 g/mol. The lowest BCUT2D eigenvalue weighted by Crippen LogP contribution is -2.11. The summed E-state index contributed by atoms with van der Waals surface area (Å²) in [7, 11) is 0. The number of pyridine rings is 1. The molecule has 0 saturated heterocycles. The van der Waals surface area contributed by atoms with Crippen molar-refractivity contribution in [3.05, 3.63) is 53.2 Å². The van der Waals surface area contributed by atoms with Gasteiger partial charge in [-0.2, -0.15) is 0 Å². The van der Waals surface area contributed by atoms with Gasteiger partial charge in [0.15, 0.2) is 0 Å². The van der Waals surface area contributed by atoms with E-state index in [4.69, 9.17) is 22.7 Å². The highest BCUT2D eigenvalue weighted by Gasteiger charge is 2.10. The number of thiocarbonyl (C=S) groups is 1. The van der Waals surface area contributed by atoms with E-state index in [-0.39, 0.29) is 4.99 Å². The zero-order valence-electron chi connectivity index (χ0n) is 11.1. The topological polar surface area (TPSA) is 48.1 Å². The van der Waals surface area contributed by atoms with Crippen LogP contribution in [0.4, 0.5) is 0 Å². The molecule has 102 valence electrons. The highest BCUT2D eigenvalue weighted by molar-refractivity contribution is 7.80. The van der Waals surface area contributed by atoms with Crippen molar-refractivity contribution in [1.29, 1.82) is 0 Å². The van der Waals surface area contributed by atoms with Gasteiger partial charge >= 0.3 is 0 Å². The number of nitrogens with zero attached hydrogens (tertiary/aromatic N) is 1. The highest BCUT2D eigenvalue weighted by atomic mass is 32.1. The number of hydrogen-bond donors (Lipinski definition) is 1. The van der Waals surface area contributed by atoms with E-state index < -0.39 is 0 Å². The van der Waals surface area contributed by atoms with E-state index in [2.05, 4.69) is 17.1 Å². The molecule has 0 fully saturated rings. The second kappa shape index (κ2) is 5.59. The summed E-state index contributed by atoms with van der Waals surface area (Å²) in [4.78, 5) is 4.57. The highest BCUT2D eigenvalue weighted by Crippen LogP contribution is 2.27. The summed E-state index contributed by atoms with van der Waals surface area (Å²) in [5.41, 5.74) is 8.99. The Kier molecular flexibility index (Phi) is 3.65. The number of rotatable bonds is 3. The zero-order chi connectivity index (χ0) is 13.9. The molecule has 0 bridgehead atoms. The Hall–Kier alpha value is -1.94. The first-order chi connectivity index (χ1) is 9.72. The molecule has 0 spiro atoms. The van der Waals surface area contributed by atoms with E-state index in [0.29, 0.717) is 11.6 Å². The van der Waals surface area contributed by atoms with Crippen molar-refractivity contribution in [1.82, 2.24) is 4.98 Å². The Bertz CT molecular complexity index is 655. The molecule has 2 N–H and O–H groups in total. The maximum Gasteiger partial charge on any atom is 0.219 e. The van der Waals surface area contributed by atoms with Gasteiger partial charge in [-0.25, -0.2) is 4.98 Å². The minimum atomic E-state index is 0.279. The predicted octanol–water partition coefficient (Wildman–Crippen LogP) is 3.39. The fraction of sp³-hybridized carbons (Fsp3) is 0.250. The van der Waals surface area contributed by atoms with Gasteiger partial charge in [0, 0.05) is 6.07 Å². The minimum Gasteiger partial charge on any atom is -0.439 e. The van der Waals surface area contributed by atoms with E-state index in [9.17, 15) is 0 Å². The molecule has 0 amide bonds. The van der Waals surface area contributed by atoms with Gasteiger partial charge in [-0.05, 0) is 55.0 Å². The number of benzene rings is 1. The molecule has 3 nitrogen and oxygen atoms in total. The second-order valence-corrected chi connectivity index (χ2v) is 5.40. The van der Waals surface area contributed by atoms with Gasteiger partial charge in [0.1, 0.15) is 16.4 Å². The number of fused-ring (bicyclic) bond motifs is 1. The lowest BCUT2D eigenvalue weighted by molar-refractivity contribution is 0.461. The lowest BCUT2D eigenvalue weighted by Gasteiger charge is -2.16. The Morgan fingerprint density at radius 2 is 1.90 bits per heavy atom. The van der Waals surface area contributed by atoms with Gasteiger partial charge in [-0.15, -0.1) is 0 Å². The summed E-state index contributed by atoms with van der Waals surface area (Å²) >= 11 is 4.93. The Morgan fingerprint density at radius 1 is 1.10 bits per heavy atom. The van der Waals surface area contributed by atoms with Gasteiger partial charge in [0.2, 0.25) is 5.88 Å². The monoisotopic (exact) mass is 284 g/mol. The number of aryl methyl sites for hydroxylation is 2. The molecule has 1 aromatic heterocycles. The van der Waals surface area contributed by atoms with Crippen LogP contribution in [-0.2, 0) is 12.8 Å². The lowest BCUT2D eigenvalue weighted by atomic mass is 9.92. The molecule has 4 heteroatoms. The first kappa shape index (κ1) is 13.1. The number of aromatic nitrogens is 1. The van der Waals surface area contributed by atoms with Crippen LogP contribution in [0.25, 0.3) is 0 Å². The number of ether oxygens (including phenoxy) is 1. The maximum atomic E-state index is 5.81. The third-order valence-corrected chi connectivity index (χ3v) is 3.73. The zero-order valence-corrected chi connectivity index (χ0v) is 12.0. The SMILES string of the molecule is NC(=S)c1cccc(Oc2ccc3c(c2)CCCC3)n1. The van der Waals surface area contributed by atoms with E-state index in [1.54, 1.807) is 12.1 Å². The van der Waals surface area contributed by atoms with Gasteiger partial charge < -0.3 is 10.5 Å². The molecule has 1 aliphatic carbocycles. The summed E-state index contributed by atoms with van der Waals surface area (Å²) in [5.74, 6) is 1.34. The molecule has 1 aromatic carbocycles. The first-order valence-electron chi connectivity index (χ1n) is 6.79. The third-order valence-electron chi connectivity index (χ3n) is 3.52. The minimum absolute atomic E-state index is 0.279. The number of hydrogen-bond acceptors (Lipinski definition) is 3. The molecule has 0 radical (unpaired) electrons. The molecular weight excluding hydrogens is 268 g/mol. The van der Waals surface area contributed by atoms with Gasteiger partial charge in [0.05, 0.1) is 0 Å². The summed E-state index contributed by atoms with van der Waals surface area (Å²) in [6.07, 6.45) is 4.84. The van der Waals surface area contributed by atoms with Crippen molar-refractivity contribution < 1.29 is 4.74 Å². The van der Waals surface area contributed by atoms with Crippen LogP contribution in [0.3, 0.4) is 0 Å². The standard InChI is InChI=1S/C16H16N2OS/c17-16(20)14-6-3-7-15(18-14)19-13-9-8-11-4-1-2-5-12(11)10-13/h3,6-10H,1-2,4-5H2,(H2,17,20). The van der Waals surface area contributed by atoms with Gasteiger partial charge in [-0.3, -0.25) is 0 Å². The predicted molar refractivity (Wildman–Crippen MR) is 83.3 cm³/mol. The fourth-order valence-electron chi connectivity index (χ4n) is 2.50. The maximum absolute atomic E-state index is 5.81. The van der Waals surface area contributed by atoms with Gasteiger partial charge in [0.25, 0.3) is 0 Å². The summed E-state index contributed by atoms with van der Waals surface area (Å²) in [6, 6.07) is 11.7. The van der Waals surface area contributed by atoms with Crippen LogP contribution in [0.15, 0.2) is 36.4 Å². The van der Waals surface area contributed by atoms with E-state index in [1.807, 2.05) is 12.1 Å². The molecule has 0 aliphatic heterocycles. The van der Waals surface area contributed by atoms with E-state index in [1.165, 1.54) is 30.4 Å². The molecule has 3 rings (SSSR count). The van der Waals surface area contributed by atoms with Gasteiger partial charge in [-0.1, -0.05) is 24.4 Å². The van der Waals surface area contributed by atoms with Crippen molar-refractivity contribution in [3.8, 4) is 11.6 Å². The van der Waals surface area contributed by atoms with Crippen LogP contribution in [0.2, 0.25) is 0 Å². The van der Waals surface area contributed by atoms with Crippen LogP contribution in [0.1, 0.15) is 29.7 Å². The van der Waals surface area contributed by atoms with Crippen molar-refractivity contribution in [2.24, 2.45) is 5.73 Å². The second-order valence-electron chi connectivity index (χ2n) is 4.97. The third kappa shape index (κ3) is 2.80. The van der Waals surface area contributed by atoms with Crippen molar-refractivity contribution in [3.63, 3.8) is 0 Å². The molecule has 0 saturated carbocycles. The summed E-state index contributed by atoms with van der Waals surface area (Å²) < 4.78 is 5.81. The summed E-state index contributed by atoms with van der Waals surface area (Å²) in [5, 5.41) is 0. The molecular formula is C16H16N2OS. The van der Waals surface area contributed by atoms with E-state index in [0.717, 1.165) is 12.2 Å². The van der Waals surface area contributed by atoms with Crippen LogP contribution in [0.5, 0.6) is 11.6 Å². The normalized spacial score (nSPS) is 13.6. The molecule has 0 atom stereocenters. The Morgan fingerprint density at radius 3 is 2.70 bits per heavy atom. The van der Waals surface area contributed by atoms with Crippen LogP contribution in [0, 0.1) is 0 Å². The molecule has 1 aliphatic rings. The molecule has 0 unspecified atom stereocenters. The van der Waals surface area contributed by atoms with Crippen LogP contribution >= 0.6 is 12.2 Å². The molecule has 1 heterocycles. The largest absolute Gasteiger partial charge is 0.439 e. The van der Waals surface area contributed by atoms with E-state index >= 15 is 0 Å². The quantitative estimate of drug-likeness (QED) is 0.878. The van der Waals surface area contributed by atoms with Crippen molar-refractivity contribution in [2.75, 3.05) is 0 Å².